The van der Waals surface area contributed by atoms with Crippen LogP contribution >= 0.6 is 11.3 Å². The van der Waals surface area contributed by atoms with Gasteiger partial charge in [0.1, 0.15) is 6.04 Å². The lowest BCUT2D eigenvalue weighted by atomic mass is 9.85. The molecule has 1 amide bonds. The molecular formula is C16H21NO3S. The number of nitrogens with zero attached hydrogens (tertiary/aromatic N) is 1. The molecular weight excluding hydrogens is 286 g/mol. The minimum atomic E-state index is -0.405. The van der Waals surface area contributed by atoms with Gasteiger partial charge in [-0.25, -0.2) is 4.79 Å². The van der Waals surface area contributed by atoms with Gasteiger partial charge in [-0.05, 0) is 44.2 Å². The quantitative estimate of drug-likeness (QED) is 0.789. The standard InChI is InChI=1S/C16H21NO3S/c1-10-7-8-14(21-10)15(18)17-12-6-4-3-5-11(12)9-13(17)16(19)20-2/h7-8,11-13H,3-6,9H2,1-2H3/t11-,12+,13-/m0/s1. The first kappa shape index (κ1) is 14.6. The Balaban J connectivity index is 1.90. The molecule has 2 fully saturated rings. The van der Waals surface area contributed by atoms with Crippen LogP contribution in [0.3, 0.4) is 0 Å². The van der Waals surface area contributed by atoms with Crippen molar-refractivity contribution in [3.8, 4) is 0 Å². The molecule has 1 aliphatic carbocycles. The molecule has 0 aromatic carbocycles. The maximum Gasteiger partial charge on any atom is 0.328 e. The monoisotopic (exact) mass is 307 g/mol. The summed E-state index contributed by atoms with van der Waals surface area (Å²) in [5.41, 5.74) is 0. The molecule has 3 atom stereocenters. The van der Waals surface area contributed by atoms with E-state index in [1.807, 2.05) is 24.0 Å². The molecule has 1 aromatic rings. The number of amides is 1. The van der Waals surface area contributed by atoms with E-state index < -0.39 is 6.04 Å². The Hall–Kier alpha value is -1.36. The van der Waals surface area contributed by atoms with Crippen LogP contribution in [0.25, 0.3) is 0 Å². The Bertz CT molecular complexity index is 553. The van der Waals surface area contributed by atoms with Crippen molar-refractivity contribution < 1.29 is 14.3 Å². The van der Waals surface area contributed by atoms with Crippen LogP contribution in [0, 0.1) is 12.8 Å². The molecule has 2 heterocycles. The number of hydrogen-bond donors (Lipinski definition) is 0. The van der Waals surface area contributed by atoms with Crippen molar-refractivity contribution in [2.75, 3.05) is 7.11 Å². The van der Waals surface area contributed by atoms with Crippen LogP contribution in [0.1, 0.15) is 46.7 Å². The Kier molecular flexibility index (Phi) is 4.02. The largest absolute Gasteiger partial charge is 0.467 e. The van der Waals surface area contributed by atoms with E-state index in [0.717, 1.165) is 35.4 Å². The smallest absolute Gasteiger partial charge is 0.328 e. The molecule has 1 aliphatic heterocycles. The number of carbonyl (C=O) groups excluding carboxylic acids is 2. The van der Waals surface area contributed by atoms with Crippen molar-refractivity contribution in [1.29, 1.82) is 0 Å². The highest BCUT2D eigenvalue weighted by Crippen LogP contribution is 2.41. The highest BCUT2D eigenvalue weighted by molar-refractivity contribution is 7.13. The van der Waals surface area contributed by atoms with E-state index >= 15 is 0 Å². The summed E-state index contributed by atoms with van der Waals surface area (Å²) >= 11 is 1.50. The number of thiophene rings is 1. The van der Waals surface area contributed by atoms with Crippen LogP contribution in [0.5, 0.6) is 0 Å². The third kappa shape index (κ3) is 2.59. The number of aryl methyl sites for hydroxylation is 1. The van der Waals surface area contributed by atoms with Gasteiger partial charge in [0.25, 0.3) is 5.91 Å². The predicted octanol–water partition coefficient (Wildman–Crippen LogP) is 3.00. The van der Waals surface area contributed by atoms with Gasteiger partial charge >= 0.3 is 5.97 Å². The van der Waals surface area contributed by atoms with Gasteiger partial charge < -0.3 is 9.64 Å². The molecule has 0 unspecified atom stereocenters. The zero-order valence-electron chi connectivity index (χ0n) is 12.5. The molecule has 5 heteroatoms. The van der Waals surface area contributed by atoms with Gasteiger partial charge in [0.2, 0.25) is 0 Å². The van der Waals surface area contributed by atoms with Crippen LogP contribution in [-0.4, -0.2) is 36.0 Å². The van der Waals surface area contributed by atoms with Crippen molar-refractivity contribution in [3.63, 3.8) is 0 Å². The van der Waals surface area contributed by atoms with E-state index in [-0.39, 0.29) is 17.9 Å². The number of ether oxygens (including phenoxy) is 1. The minimum Gasteiger partial charge on any atom is -0.467 e. The summed E-state index contributed by atoms with van der Waals surface area (Å²) in [7, 11) is 1.41. The number of esters is 1. The average molecular weight is 307 g/mol. The molecule has 1 saturated carbocycles. The van der Waals surface area contributed by atoms with Crippen molar-refractivity contribution in [2.45, 2.75) is 51.1 Å². The van der Waals surface area contributed by atoms with Crippen molar-refractivity contribution >= 4 is 23.2 Å². The molecule has 2 aliphatic rings. The van der Waals surface area contributed by atoms with Gasteiger partial charge in [-0.3, -0.25) is 4.79 Å². The number of methoxy groups -OCH3 is 1. The van der Waals surface area contributed by atoms with E-state index in [1.165, 1.54) is 24.9 Å². The summed E-state index contributed by atoms with van der Waals surface area (Å²) in [6.45, 7) is 1.99. The summed E-state index contributed by atoms with van der Waals surface area (Å²) in [5.74, 6) is 0.178. The fourth-order valence-corrected chi connectivity index (χ4v) is 4.59. The normalized spacial score (nSPS) is 28.3. The molecule has 3 rings (SSSR count). The van der Waals surface area contributed by atoms with Crippen LogP contribution in [-0.2, 0) is 9.53 Å². The molecule has 114 valence electrons. The van der Waals surface area contributed by atoms with Gasteiger partial charge in [0.15, 0.2) is 0 Å². The Morgan fingerprint density at radius 2 is 2.05 bits per heavy atom. The first-order chi connectivity index (χ1) is 10.1. The topological polar surface area (TPSA) is 46.6 Å². The van der Waals surface area contributed by atoms with Gasteiger partial charge in [-0.15, -0.1) is 11.3 Å². The summed E-state index contributed by atoms with van der Waals surface area (Å²) in [6.07, 6.45) is 5.23. The highest BCUT2D eigenvalue weighted by atomic mass is 32.1. The number of carbonyl (C=O) groups is 2. The zero-order chi connectivity index (χ0) is 15.0. The second-order valence-electron chi connectivity index (χ2n) is 6.01. The van der Waals surface area contributed by atoms with Crippen LogP contribution < -0.4 is 0 Å². The van der Waals surface area contributed by atoms with Crippen LogP contribution in [0.15, 0.2) is 12.1 Å². The minimum absolute atomic E-state index is 0.00194. The van der Waals surface area contributed by atoms with E-state index in [1.54, 1.807) is 0 Å². The first-order valence-electron chi connectivity index (χ1n) is 7.58. The number of fused-ring (bicyclic) bond motifs is 1. The predicted molar refractivity (Wildman–Crippen MR) is 81.4 cm³/mol. The van der Waals surface area contributed by atoms with Gasteiger partial charge in [-0.2, -0.15) is 0 Å². The maximum atomic E-state index is 12.9. The number of likely N-dealkylation sites (tertiary alicyclic amines) is 1. The summed E-state index contributed by atoms with van der Waals surface area (Å²) in [6, 6.07) is 3.63. The fourth-order valence-electron chi connectivity index (χ4n) is 3.78. The van der Waals surface area contributed by atoms with Gasteiger partial charge in [0.05, 0.1) is 12.0 Å². The third-order valence-corrected chi connectivity index (χ3v) is 5.74. The zero-order valence-corrected chi connectivity index (χ0v) is 13.3. The van der Waals surface area contributed by atoms with Crippen molar-refractivity contribution in [3.05, 3.63) is 21.9 Å². The van der Waals surface area contributed by atoms with Crippen molar-refractivity contribution in [2.24, 2.45) is 5.92 Å². The molecule has 1 saturated heterocycles. The number of hydrogen-bond acceptors (Lipinski definition) is 4. The summed E-state index contributed by atoms with van der Waals surface area (Å²) in [5, 5.41) is 0. The van der Waals surface area contributed by atoms with Crippen molar-refractivity contribution in [1.82, 2.24) is 4.90 Å². The SMILES string of the molecule is COC(=O)[C@@H]1C[C@@H]2CCCC[C@H]2N1C(=O)c1ccc(C)s1. The average Bonchev–Trinajstić information content (AvgIpc) is 3.09. The molecule has 0 bridgehead atoms. The maximum absolute atomic E-state index is 12.9. The Labute approximate surface area is 129 Å². The highest BCUT2D eigenvalue weighted by Gasteiger charge is 2.48. The lowest BCUT2D eigenvalue weighted by molar-refractivity contribution is -0.145. The second kappa shape index (κ2) is 5.79. The Morgan fingerprint density at radius 3 is 2.71 bits per heavy atom. The lowest BCUT2D eigenvalue weighted by Crippen LogP contribution is -2.46. The summed E-state index contributed by atoms with van der Waals surface area (Å²) < 4.78 is 4.93. The molecule has 0 radical (unpaired) electrons. The molecule has 0 spiro atoms. The van der Waals surface area contributed by atoms with E-state index in [2.05, 4.69) is 0 Å². The molecule has 4 nitrogen and oxygen atoms in total. The van der Waals surface area contributed by atoms with E-state index in [4.69, 9.17) is 4.74 Å². The molecule has 0 N–H and O–H groups in total. The third-order valence-electron chi connectivity index (χ3n) is 4.75. The lowest BCUT2D eigenvalue weighted by Gasteiger charge is -2.33. The van der Waals surface area contributed by atoms with E-state index in [0.29, 0.717) is 5.92 Å². The van der Waals surface area contributed by atoms with Gasteiger partial charge in [0, 0.05) is 10.9 Å². The first-order valence-corrected chi connectivity index (χ1v) is 8.40. The molecule has 1 aromatic heterocycles. The van der Waals surface area contributed by atoms with E-state index in [9.17, 15) is 9.59 Å². The van der Waals surface area contributed by atoms with Gasteiger partial charge in [-0.1, -0.05) is 12.8 Å². The second-order valence-corrected chi connectivity index (χ2v) is 7.30. The number of rotatable bonds is 2. The van der Waals surface area contributed by atoms with Crippen LogP contribution in [0.2, 0.25) is 0 Å². The summed E-state index contributed by atoms with van der Waals surface area (Å²) in [4.78, 5) is 28.6. The Morgan fingerprint density at radius 1 is 1.29 bits per heavy atom. The molecule has 21 heavy (non-hydrogen) atoms. The fraction of sp³-hybridized carbons (Fsp3) is 0.625. The van der Waals surface area contributed by atoms with Crippen LogP contribution in [0.4, 0.5) is 0 Å².